The summed E-state index contributed by atoms with van der Waals surface area (Å²) in [6, 6.07) is 16.4. The largest absolute Gasteiger partial charge is 0.434 e. The maximum absolute atomic E-state index is 12.1. The Kier molecular flexibility index (Phi) is 5.60. The van der Waals surface area contributed by atoms with E-state index < -0.39 is 0 Å². The summed E-state index contributed by atoms with van der Waals surface area (Å²) >= 11 is 12.0. The summed E-state index contributed by atoms with van der Waals surface area (Å²) in [6.45, 7) is 0.396. The number of nitrogens with zero attached hydrogens (tertiary/aromatic N) is 2. The van der Waals surface area contributed by atoms with E-state index in [1.807, 2.05) is 30.3 Å². The van der Waals surface area contributed by atoms with Crippen molar-refractivity contribution in [1.82, 2.24) is 15.3 Å². The second-order valence-electron chi connectivity index (χ2n) is 6.26. The van der Waals surface area contributed by atoms with Crippen molar-refractivity contribution in [3.63, 3.8) is 0 Å². The number of amides is 1. The van der Waals surface area contributed by atoms with Crippen molar-refractivity contribution in [1.29, 1.82) is 0 Å². The Morgan fingerprint density at radius 1 is 1.10 bits per heavy atom. The number of hydrogen-bond donors (Lipinski definition) is 1. The third-order valence-electron chi connectivity index (χ3n) is 4.21. The van der Waals surface area contributed by atoms with Crippen molar-refractivity contribution in [3.8, 4) is 11.5 Å². The first-order valence-electron chi connectivity index (χ1n) is 8.80. The summed E-state index contributed by atoms with van der Waals surface area (Å²) in [4.78, 5) is 20.6. The molecule has 0 fully saturated rings. The smallest absolute Gasteiger partial charge is 0.244 e. The van der Waals surface area contributed by atoms with E-state index in [-0.39, 0.29) is 5.91 Å². The first-order chi connectivity index (χ1) is 14.1. The first kappa shape index (κ1) is 19.2. The van der Waals surface area contributed by atoms with E-state index in [1.54, 1.807) is 36.5 Å². The van der Waals surface area contributed by atoms with Crippen LogP contribution < -0.4 is 5.32 Å². The lowest BCUT2D eigenvalue weighted by Gasteiger charge is -2.04. The van der Waals surface area contributed by atoms with Gasteiger partial charge in [0, 0.05) is 34.4 Å². The molecule has 2 heterocycles. The molecule has 144 valence electrons. The minimum Gasteiger partial charge on any atom is -0.434 e. The van der Waals surface area contributed by atoms with Crippen molar-refractivity contribution in [2.45, 2.75) is 6.54 Å². The summed E-state index contributed by atoms with van der Waals surface area (Å²) in [5.74, 6) is 0.294. The molecule has 1 amide bonds. The van der Waals surface area contributed by atoms with Gasteiger partial charge in [-0.2, -0.15) is 4.98 Å². The molecule has 2 aromatic carbocycles. The highest BCUT2D eigenvalue weighted by atomic mass is 35.5. The Morgan fingerprint density at radius 2 is 1.93 bits per heavy atom. The van der Waals surface area contributed by atoms with Gasteiger partial charge in [-0.15, -0.1) is 0 Å². The quantitative estimate of drug-likeness (QED) is 0.428. The molecule has 4 rings (SSSR count). The number of pyridine rings is 1. The van der Waals surface area contributed by atoms with Gasteiger partial charge in [0.05, 0.1) is 0 Å². The van der Waals surface area contributed by atoms with E-state index >= 15 is 0 Å². The molecule has 5 nitrogen and oxygen atoms in total. The monoisotopic (exact) mass is 423 g/mol. The lowest BCUT2D eigenvalue weighted by atomic mass is 10.1. The number of rotatable bonds is 5. The van der Waals surface area contributed by atoms with Gasteiger partial charge in [-0.1, -0.05) is 41.4 Å². The summed E-state index contributed by atoms with van der Waals surface area (Å²) in [5.41, 5.74) is 3.74. The zero-order valence-electron chi connectivity index (χ0n) is 15.1. The predicted molar refractivity (Wildman–Crippen MR) is 115 cm³/mol. The van der Waals surface area contributed by atoms with Crippen LogP contribution in [0.1, 0.15) is 11.1 Å². The topological polar surface area (TPSA) is 68.0 Å². The number of carbonyl (C=O) groups excluding carboxylic acids is 1. The number of fused-ring (bicyclic) bond motifs is 1. The average molecular weight is 424 g/mol. The Balaban J connectivity index is 1.37. The highest BCUT2D eigenvalue weighted by molar-refractivity contribution is 6.35. The maximum atomic E-state index is 12.1. The van der Waals surface area contributed by atoms with Crippen molar-refractivity contribution in [2.24, 2.45) is 0 Å². The van der Waals surface area contributed by atoms with Crippen molar-refractivity contribution in [2.75, 3.05) is 0 Å². The molecule has 1 N–H and O–H groups in total. The van der Waals surface area contributed by atoms with Crippen LogP contribution in [0.25, 0.3) is 28.8 Å². The molecule has 0 saturated carbocycles. The second-order valence-corrected chi connectivity index (χ2v) is 7.10. The number of oxazole rings is 1. The fraction of sp³-hybridized carbons (Fsp3) is 0.0455. The van der Waals surface area contributed by atoms with Crippen LogP contribution in [0.5, 0.6) is 0 Å². The van der Waals surface area contributed by atoms with E-state index in [9.17, 15) is 4.79 Å². The fourth-order valence-electron chi connectivity index (χ4n) is 2.71. The molecule has 2 aromatic heterocycles. The van der Waals surface area contributed by atoms with Crippen molar-refractivity contribution in [3.05, 3.63) is 88.0 Å². The van der Waals surface area contributed by atoms with Crippen LogP contribution in [0.3, 0.4) is 0 Å². The summed E-state index contributed by atoms with van der Waals surface area (Å²) in [5, 5.41) is 3.88. The average Bonchev–Trinajstić information content (AvgIpc) is 3.16. The maximum Gasteiger partial charge on any atom is 0.244 e. The molecule has 0 aliphatic rings. The number of carbonyl (C=O) groups is 1. The molecule has 0 aliphatic heterocycles. The Hall–Kier alpha value is -3.15. The van der Waals surface area contributed by atoms with Gasteiger partial charge in [-0.05, 0) is 53.6 Å². The first-order valence-corrected chi connectivity index (χ1v) is 9.56. The molecule has 0 atom stereocenters. The standard InChI is InChI=1S/C22H15Cl2N3O2/c23-17-9-7-15(18(24)12-17)8-10-20(28)26-13-14-3-5-16(6-4-14)22-27-21-19(29-22)2-1-11-25-21/h1-12H,13H2,(H,26,28)/b10-8+. The van der Waals surface area contributed by atoms with Gasteiger partial charge >= 0.3 is 0 Å². The van der Waals surface area contributed by atoms with Gasteiger partial charge in [-0.3, -0.25) is 4.79 Å². The van der Waals surface area contributed by atoms with E-state index in [0.29, 0.717) is 33.7 Å². The Morgan fingerprint density at radius 3 is 2.69 bits per heavy atom. The van der Waals surface area contributed by atoms with Gasteiger partial charge in [0.2, 0.25) is 11.8 Å². The predicted octanol–water partition coefficient (Wildman–Crippen LogP) is 5.53. The Bertz CT molecular complexity index is 1170. The van der Waals surface area contributed by atoms with Gasteiger partial charge in [-0.25, -0.2) is 4.98 Å². The molecule has 0 unspecified atom stereocenters. The van der Waals surface area contributed by atoms with Crippen LogP contribution in [0.2, 0.25) is 10.0 Å². The normalized spacial score (nSPS) is 11.2. The highest BCUT2D eigenvalue weighted by Crippen LogP contribution is 2.23. The SMILES string of the molecule is O=C(/C=C/c1ccc(Cl)cc1Cl)NCc1ccc(-c2nc3ncccc3o2)cc1. The van der Waals surface area contributed by atoms with E-state index in [4.69, 9.17) is 27.6 Å². The zero-order chi connectivity index (χ0) is 20.2. The minimum absolute atomic E-state index is 0.217. The van der Waals surface area contributed by atoms with Crippen LogP contribution in [-0.2, 0) is 11.3 Å². The summed E-state index contributed by atoms with van der Waals surface area (Å²) in [7, 11) is 0. The number of nitrogens with one attached hydrogen (secondary N) is 1. The van der Waals surface area contributed by atoms with E-state index in [1.165, 1.54) is 6.08 Å². The molecule has 0 saturated heterocycles. The van der Waals surface area contributed by atoms with E-state index in [2.05, 4.69) is 15.3 Å². The van der Waals surface area contributed by atoms with Gasteiger partial charge in [0.25, 0.3) is 0 Å². The number of hydrogen-bond acceptors (Lipinski definition) is 4. The molecular formula is C22H15Cl2N3O2. The second kappa shape index (κ2) is 8.47. The van der Waals surface area contributed by atoms with Crippen LogP contribution in [0, 0.1) is 0 Å². The van der Waals surface area contributed by atoms with Crippen LogP contribution in [0.15, 0.2) is 71.3 Å². The van der Waals surface area contributed by atoms with Gasteiger partial charge in [0.1, 0.15) is 0 Å². The number of benzene rings is 2. The fourth-order valence-corrected chi connectivity index (χ4v) is 3.18. The van der Waals surface area contributed by atoms with Crippen LogP contribution in [-0.4, -0.2) is 15.9 Å². The van der Waals surface area contributed by atoms with Gasteiger partial charge < -0.3 is 9.73 Å². The van der Waals surface area contributed by atoms with E-state index in [0.717, 1.165) is 16.7 Å². The molecule has 0 radical (unpaired) electrons. The highest BCUT2D eigenvalue weighted by Gasteiger charge is 2.08. The molecule has 0 bridgehead atoms. The number of halogens is 2. The Labute approximate surface area is 177 Å². The zero-order valence-corrected chi connectivity index (χ0v) is 16.6. The van der Waals surface area contributed by atoms with Crippen molar-refractivity contribution >= 4 is 46.4 Å². The van der Waals surface area contributed by atoms with Crippen molar-refractivity contribution < 1.29 is 9.21 Å². The third kappa shape index (κ3) is 4.65. The summed E-state index contributed by atoms with van der Waals surface area (Å²) < 4.78 is 5.71. The number of aromatic nitrogens is 2. The minimum atomic E-state index is -0.217. The van der Waals surface area contributed by atoms with Crippen LogP contribution >= 0.6 is 23.2 Å². The third-order valence-corrected chi connectivity index (χ3v) is 4.77. The molecule has 0 spiro atoms. The molecule has 0 aliphatic carbocycles. The molecule has 7 heteroatoms. The molecular weight excluding hydrogens is 409 g/mol. The molecule has 4 aromatic rings. The lowest BCUT2D eigenvalue weighted by molar-refractivity contribution is -0.116. The van der Waals surface area contributed by atoms with Crippen LogP contribution in [0.4, 0.5) is 0 Å². The molecule has 29 heavy (non-hydrogen) atoms. The summed E-state index contributed by atoms with van der Waals surface area (Å²) in [6.07, 6.45) is 4.77. The lowest BCUT2D eigenvalue weighted by Crippen LogP contribution is -2.20. The van der Waals surface area contributed by atoms with Gasteiger partial charge in [0.15, 0.2) is 11.2 Å².